The van der Waals surface area contributed by atoms with E-state index in [0.29, 0.717) is 24.5 Å². The zero-order valence-electron chi connectivity index (χ0n) is 13.1. The Balaban J connectivity index is 1.33. The second kappa shape index (κ2) is 6.16. The molecule has 3 heterocycles. The lowest BCUT2D eigenvalue weighted by Gasteiger charge is -2.29. The molecule has 2 unspecified atom stereocenters. The van der Waals surface area contributed by atoms with Crippen molar-refractivity contribution >= 4 is 5.91 Å². The lowest BCUT2D eigenvalue weighted by atomic mass is 9.99. The third kappa shape index (κ3) is 3.29. The van der Waals surface area contributed by atoms with Gasteiger partial charge in [-0.05, 0) is 49.4 Å². The zero-order chi connectivity index (χ0) is 15.6. The van der Waals surface area contributed by atoms with Crippen molar-refractivity contribution in [3.63, 3.8) is 0 Å². The van der Waals surface area contributed by atoms with Gasteiger partial charge >= 0.3 is 0 Å². The van der Waals surface area contributed by atoms with Gasteiger partial charge in [0.1, 0.15) is 0 Å². The standard InChI is InChI=1S/C18H22N4O/c23-18(21-16-11-14-4-5-15(12-16)20-14)10-13-2-6-17(7-3-13)22-9-1-8-19-22/h1-3,6-9,14-16,20H,4-5,10-12H2,(H,21,23). The van der Waals surface area contributed by atoms with Crippen molar-refractivity contribution in [3.8, 4) is 5.69 Å². The third-order valence-electron chi connectivity index (χ3n) is 4.91. The van der Waals surface area contributed by atoms with Crippen LogP contribution in [0.3, 0.4) is 0 Å². The predicted octanol–water partition coefficient (Wildman–Crippen LogP) is 1.81. The van der Waals surface area contributed by atoms with E-state index in [1.54, 1.807) is 6.20 Å². The van der Waals surface area contributed by atoms with Gasteiger partial charge in [0, 0.05) is 30.5 Å². The predicted molar refractivity (Wildman–Crippen MR) is 88.4 cm³/mol. The van der Waals surface area contributed by atoms with Crippen LogP contribution in [0.15, 0.2) is 42.7 Å². The molecule has 0 saturated carbocycles. The number of nitrogens with zero attached hydrogens (tertiary/aromatic N) is 2. The highest BCUT2D eigenvalue weighted by atomic mass is 16.1. The zero-order valence-corrected chi connectivity index (χ0v) is 13.1. The molecule has 2 fully saturated rings. The first kappa shape index (κ1) is 14.5. The van der Waals surface area contributed by atoms with Crippen LogP contribution in [0.5, 0.6) is 0 Å². The van der Waals surface area contributed by atoms with Crippen LogP contribution < -0.4 is 10.6 Å². The molecule has 0 radical (unpaired) electrons. The molecule has 2 saturated heterocycles. The number of benzene rings is 1. The Labute approximate surface area is 136 Å². The van der Waals surface area contributed by atoms with Crippen molar-refractivity contribution in [1.82, 2.24) is 20.4 Å². The quantitative estimate of drug-likeness (QED) is 0.905. The smallest absolute Gasteiger partial charge is 0.224 e. The van der Waals surface area contributed by atoms with Crippen LogP contribution in [0.1, 0.15) is 31.2 Å². The largest absolute Gasteiger partial charge is 0.353 e. The van der Waals surface area contributed by atoms with Crippen LogP contribution in [0.2, 0.25) is 0 Å². The normalized spacial score (nSPS) is 26.2. The summed E-state index contributed by atoms with van der Waals surface area (Å²) in [5, 5.41) is 11.0. The van der Waals surface area contributed by atoms with Gasteiger partial charge in [0.05, 0.1) is 12.1 Å². The molecule has 2 aromatic rings. The maximum absolute atomic E-state index is 12.3. The van der Waals surface area contributed by atoms with Crippen LogP contribution in [0.4, 0.5) is 0 Å². The van der Waals surface area contributed by atoms with Crippen molar-refractivity contribution in [2.75, 3.05) is 0 Å². The summed E-state index contributed by atoms with van der Waals surface area (Å²) in [4.78, 5) is 12.3. The molecule has 5 nitrogen and oxygen atoms in total. The summed E-state index contributed by atoms with van der Waals surface area (Å²) in [7, 11) is 0. The molecule has 5 heteroatoms. The van der Waals surface area contributed by atoms with E-state index in [9.17, 15) is 4.79 Å². The number of hydrogen-bond donors (Lipinski definition) is 2. The second-order valence-electron chi connectivity index (χ2n) is 6.67. The van der Waals surface area contributed by atoms with E-state index in [2.05, 4.69) is 15.7 Å². The number of fused-ring (bicyclic) bond motifs is 2. The first-order valence-electron chi connectivity index (χ1n) is 8.40. The Morgan fingerprint density at radius 3 is 2.61 bits per heavy atom. The van der Waals surface area contributed by atoms with E-state index >= 15 is 0 Å². The molecular weight excluding hydrogens is 288 g/mol. The first-order valence-corrected chi connectivity index (χ1v) is 8.40. The fourth-order valence-corrected chi connectivity index (χ4v) is 3.83. The van der Waals surface area contributed by atoms with Crippen LogP contribution in [-0.2, 0) is 11.2 Å². The molecule has 120 valence electrons. The number of rotatable bonds is 4. The van der Waals surface area contributed by atoms with Crippen molar-refractivity contribution in [2.24, 2.45) is 0 Å². The van der Waals surface area contributed by atoms with Crippen molar-refractivity contribution < 1.29 is 4.79 Å². The minimum absolute atomic E-state index is 0.128. The Kier molecular flexibility index (Phi) is 3.87. The Hall–Kier alpha value is -2.14. The Morgan fingerprint density at radius 1 is 1.22 bits per heavy atom. The van der Waals surface area contributed by atoms with Gasteiger partial charge in [-0.25, -0.2) is 4.68 Å². The minimum Gasteiger partial charge on any atom is -0.353 e. The van der Waals surface area contributed by atoms with Gasteiger partial charge in [-0.3, -0.25) is 4.79 Å². The van der Waals surface area contributed by atoms with E-state index in [0.717, 1.165) is 24.1 Å². The maximum atomic E-state index is 12.3. The van der Waals surface area contributed by atoms with Gasteiger partial charge in [0.25, 0.3) is 0 Å². The summed E-state index contributed by atoms with van der Waals surface area (Å²) in [6, 6.07) is 11.4. The lowest BCUT2D eigenvalue weighted by molar-refractivity contribution is -0.121. The Morgan fingerprint density at radius 2 is 1.96 bits per heavy atom. The molecule has 4 rings (SSSR count). The Bertz CT molecular complexity index is 653. The molecule has 2 N–H and O–H groups in total. The highest BCUT2D eigenvalue weighted by Gasteiger charge is 2.33. The molecule has 1 amide bonds. The average molecular weight is 310 g/mol. The number of carbonyl (C=O) groups excluding carboxylic acids is 1. The molecule has 0 spiro atoms. The number of nitrogens with one attached hydrogen (secondary N) is 2. The minimum atomic E-state index is 0.128. The number of hydrogen-bond acceptors (Lipinski definition) is 3. The SMILES string of the molecule is O=C(Cc1ccc(-n2cccn2)cc1)NC1CC2CCC(C1)N2. The summed E-state index contributed by atoms with van der Waals surface area (Å²) < 4.78 is 1.81. The number of carbonyl (C=O) groups is 1. The molecule has 2 aliphatic rings. The van der Waals surface area contributed by atoms with E-state index in [1.807, 2.05) is 41.2 Å². The third-order valence-corrected chi connectivity index (χ3v) is 4.91. The summed E-state index contributed by atoms with van der Waals surface area (Å²) in [5.74, 6) is 0.128. The molecule has 2 aliphatic heterocycles. The number of aromatic nitrogens is 2. The van der Waals surface area contributed by atoms with Crippen molar-refractivity contribution in [1.29, 1.82) is 0 Å². The fraction of sp³-hybridized carbons (Fsp3) is 0.444. The molecule has 0 aliphatic carbocycles. The van der Waals surface area contributed by atoms with Crippen LogP contribution in [-0.4, -0.2) is 33.8 Å². The molecule has 2 atom stereocenters. The summed E-state index contributed by atoms with van der Waals surface area (Å²) >= 11 is 0. The summed E-state index contributed by atoms with van der Waals surface area (Å²) in [6.07, 6.45) is 8.76. The first-order chi connectivity index (χ1) is 11.3. The molecule has 1 aromatic carbocycles. The molecule has 1 aromatic heterocycles. The van der Waals surface area contributed by atoms with Gasteiger partial charge in [0.2, 0.25) is 5.91 Å². The van der Waals surface area contributed by atoms with E-state index in [-0.39, 0.29) is 5.91 Å². The summed E-state index contributed by atoms with van der Waals surface area (Å²) in [5.41, 5.74) is 2.05. The number of amides is 1. The van der Waals surface area contributed by atoms with Crippen LogP contribution in [0.25, 0.3) is 5.69 Å². The van der Waals surface area contributed by atoms with Crippen LogP contribution >= 0.6 is 0 Å². The fourth-order valence-electron chi connectivity index (χ4n) is 3.83. The second-order valence-corrected chi connectivity index (χ2v) is 6.67. The van der Waals surface area contributed by atoms with Gasteiger partial charge in [-0.1, -0.05) is 12.1 Å². The van der Waals surface area contributed by atoms with Gasteiger partial charge in [0.15, 0.2) is 0 Å². The van der Waals surface area contributed by atoms with Gasteiger partial charge < -0.3 is 10.6 Å². The maximum Gasteiger partial charge on any atom is 0.224 e. The highest BCUT2D eigenvalue weighted by Crippen LogP contribution is 2.26. The molecular formula is C18H22N4O. The van der Waals surface area contributed by atoms with Gasteiger partial charge in [-0.15, -0.1) is 0 Å². The molecule has 23 heavy (non-hydrogen) atoms. The molecule has 2 bridgehead atoms. The van der Waals surface area contributed by atoms with Gasteiger partial charge in [-0.2, -0.15) is 5.10 Å². The topological polar surface area (TPSA) is 59.0 Å². The number of piperidine rings is 1. The van der Waals surface area contributed by atoms with E-state index in [1.165, 1.54) is 12.8 Å². The van der Waals surface area contributed by atoms with Crippen molar-refractivity contribution in [2.45, 2.75) is 50.2 Å². The average Bonchev–Trinajstić information content (AvgIpc) is 3.18. The van der Waals surface area contributed by atoms with Crippen molar-refractivity contribution in [3.05, 3.63) is 48.3 Å². The lowest BCUT2D eigenvalue weighted by Crippen LogP contribution is -2.48. The van der Waals surface area contributed by atoms with E-state index in [4.69, 9.17) is 0 Å². The summed E-state index contributed by atoms with van der Waals surface area (Å²) in [6.45, 7) is 0. The van der Waals surface area contributed by atoms with E-state index < -0.39 is 0 Å². The highest BCUT2D eigenvalue weighted by molar-refractivity contribution is 5.79. The van der Waals surface area contributed by atoms with Crippen LogP contribution in [0, 0.1) is 0 Å². The monoisotopic (exact) mass is 310 g/mol.